The van der Waals surface area contributed by atoms with E-state index < -0.39 is 0 Å². The molecule has 0 fully saturated rings. The summed E-state index contributed by atoms with van der Waals surface area (Å²) < 4.78 is 8.91. The number of fused-ring (bicyclic) bond motifs is 7. The van der Waals surface area contributed by atoms with Gasteiger partial charge in [0.15, 0.2) is 5.65 Å². The molecule has 0 atom stereocenters. The molecule has 6 rings (SSSR count). The number of aromatic nitrogens is 6. The summed E-state index contributed by atoms with van der Waals surface area (Å²) in [5.41, 5.74) is 5.91. The van der Waals surface area contributed by atoms with Crippen LogP contribution in [0.25, 0.3) is 37.3 Å². The second kappa shape index (κ2) is 5.52. The molecule has 0 saturated heterocycles. The van der Waals surface area contributed by atoms with Gasteiger partial charge in [-0.3, -0.25) is 0 Å². The van der Waals surface area contributed by atoms with Gasteiger partial charge in [0.05, 0.1) is 33.5 Å². The topological polar surface area (TPSA) is 78.1 Å². The van der Waals surface area contributed by atoms with Gasteiger partial charge in [-0.1, -0.05) is 30.3 Å². The van der Waals surface area contributed by atoms with Crippen LogP contribution < -0.4 is 0 Å². The standard InChI is InChI=1S/C20H16N6OS/c1-20(2)8-12-13(9-27-20)15(11-6-4-3-5-7-11)22-16-14-18-23-24-25-26(18)10-21-19(14)28-17(12)16/h3-7,10H,8-9H2,1-2H3. The van der Waals surface area contributed by atoms with E-state index in [1.807, 2.05) is 18.2 Å². The summed E-state index contributed by atoms with van der Waals surface area (Å²) in [7, 11) is 0. The molecule has 0 unspecified atom stereocenters. The normalized spacial score (nSPS) is 16.1. The van der Waals surface area contributed by atoms with Crippen LogP contribution in [0.2, 0.25) is 0 Å². The maximum Gasteiger partial charge on any atom is 0.193 e. The molecule has 1 aliphatic heterocycles. The lowest BCUT2D eigenvalue weighted by atomic mass is 9.89. The van der Waals surface area contributed by atoms with Crippen molar-refractivity contribution in [2.24, 2.45) is 0 Å². The third kappa shape index (κ3) is 2.22. The van der Waals surface area contributed by atoms with Gasteiger partial charge in [0, 0.05) is 17.5 Å². The first-order valence-corrected chi connectivity index (χ1v) is 9.92. The Labute approximate surface area is 164 Å². The molecule has 1 aromatic carbocycles. The van der Waals surface area contributed by atoms with Gasteiger partial charge in [-0.15, -0.1) is 16.4 Å². The summed E-state index contributed by atoms with van der Waals surface area (Å²) in [6.07, 6.45) is 2.49. The van der Waals surface area contributed by atoms with E-state index in [9.17, 15) is 0 Å². The minimum Gasteiger partial charge on any atom is -0.370 e. The van der Waals surface area contributed by atoms with Crippen LogP contribution in [-0.2, 0) is 17.8 Å². The Balaban J connectivity index is 1.79. The van der Waals surface area contributed by atoms with E-state index >= 15 is 0 Å². The quantitative estimate of drug-likeness (QED) is 0.435. The van der Waals surface area contributed by atoms with Crippen molar-refractivity contribution in [3.63, 3.8) is 0 Å². The van der Waals surface area contributed by atoms with E-state index in [-0.39, 0.29) is 5.60 Å². The molecule has 0 saturated carbocycles. The Hall–Kier alpha value is -2.97. The molecule has 4 aromatic heterocycles. The fourth-order valence-corrected chi connectivity index (χ4v) is 5.08. The molecule has 0 radical (unpaired) electrons. The predicted octanol–water partition coefficient (Wildman–Crippen LogP) is 3.80. The largest absolute Gasteiger partial charge is 0.370 e. The zero-order valence-electron chi connectivity index (χ0n) is 15.4. The van der Waals surface area contributed by atoms with Crippen molar-refractivity contribution >= 4 is 37.4 Å². The fourth-order valence-electron chi connectivity index (χ4n) is 3.94. The van der Waals surface area contributed by atoms with Crippen molar-refractivity contribution in [2.45, 2.75) is 32.5 Å². The minimum absolute atomic E-state index is 0.218. The van der Waals surface area contributed by atoms with Gasteiger partial charge in [0.25, 0.3) is 0 Å². The first-order valence-electron chi connectivity index (χ1n) is 9.11. The predicted molar refractivity (Wildman–Crippen MR) is 107 cm³/mol. The van der Waals surface area contributed by atoms with E-state index in [1.165, 1.54) is 11.1 Å². The summed E-state index contributed by atoms with van der Waals surface area (Å²) in [5.74, 6) is 0. The Morgan fingerprint density at radius 2 is 2.00 bits per heavy atom. The lowest BCUT2D eigenvalue weighted by molar-refractivity contribution is -0.0394. The third-order valence-electron chi connectivity index (χ3n) is 5.27. The molecule has 0 amide bonds. The summed E-state index contributed by atoms with van der Waals surface area (Å²) in [6, 6.07) is 10.3. The van der Waals surface area contributed by atoms with Crippen LogP contribution in [0.15, 0.2) is 36.7 Å². The Morgan fingerprint density at radius 3 is 2.86 bits per heavy atom. The molecular formula is C20H16N6OS. The van der Waals surface area contributed by atoms with E-state index in [0.29, 0.717) is 12.3 Å². The van der Waals surface area contributed by atoms with Gasteiger partial charge in [0.1, 0.15) is 11.2 Å². The second-order valence-electron chi connectivity index (χ2n) is 7.66. The van der Waals surface area contributed by atoms with Crippen LogP contribution in [0.4, 0.5) is 0 Å². The molecule has 0 N–H and O–H groups in total. The van der Waals surface area contributed by atoms with Crippen molar-refractivity contribution in [1.82, 2.24) is 30.0 Å². The number of pyridine rings is 1. The van der Waals surface area contributed by atoms with Crippen molar-refractivity contribution in [3.8, 4) is 11.3 Å². The zero-order chi connectivity index (χ0) is 18.9. The number of hydrogen-bond donors (Lipinski definition) is 0. The fraction of sp³-hybridized carbons (Fsp3) is 0.250. The van der Waals surface area contributed by atoms with Gasteiger partial charge in [0.2, 0.25) is 0 Å². The molecule has 8 heteroatoms. The molecule has 138 valence electrons. The molecule has 5 heterocycles. The van der Waals surface area contributed by atoms with Gasteiger partial charge in [-0.2, -0.15) is 4.52 Å². The van der Waals surface area contributed by atoms with Crippen LogP contribution in [0.1, 0.15) is 25.0 Å². The average Bonchev–Trinajstić information content (AvgIpc) is 3.31. The second-order valence-corrected chi connectivity index (χ2v) is 8.66. The van der Waals surface area contributed by atoms with Crippen molar-refractivity contribution in [1.29, 1.82) is 0 Å². The molecule has 0 bridgehead atoms. The number of thiophene rings is 1. The number of rotatable bonds is 1. The maximum absolute atomic E-state index is 6.15. The Bertz CT molecular complexity index is 1370. The van der Waals surface area contributed by atoms with E-state index in [2.05, 4.69) is 46.5 Å². The molecule has 28 heavy (non-hydrogen) atoms. The van der Waals surface area contributed by atoms with Crippen LogP contribution >= 0.6 is 11.3 Å². The monoisotopic (exact) mass is 388 g/mol. The molecule has 1 aliphatic rings. The number of hydrogen-bond acceptors (Lipinski definition) is 7. The van der Waals surface area contributed by atoms with Crippen LogP contribution in [0.5, 0.6) is 0 Å². The van der Waals surface area contributed by atoms with E-state index in [4.69, 9.17) is 9.72 Å². The smallest absolute Gasteiger partial charge is 0.193 e. The van der Waals surface area contributed by atoms with Crippen molar-refractivity contribution < 1.29 is 4.74 Å². The molecule has 0 spiro atoms. The average molecular weight is 388 g/mol. The van der Waals surface area contributed by atoms with E-state index in [0.717, 1.165) is 38.1 Å². The number of benzene rings is 1. The van der Waals surface area contributed by atoms with Crippen LogP contribution in [-0.4, -0.2) is 35.6 Å². The highest BCUT2D eigenvalue weighted by Crippen LogP contribution is 2.43. The van der Waals surface area contributed by atoms with Crippen molar-refractivity contribution in [2.75, 3.05) is 0 Å². The Kier molecular flexibility index (Phi) is 3.16. The van der Waals surface area contributed by atoms with Crippen LogP contribution in [0.3, 0.4) is 0 Å². The number of nitrogens with zero attached hydrogens (tertiary/aromatic N) is 6. The van der Waals surface area contributed by atoms with Gasteiger partial charge < -0.3 is 4.74 Å². The lowest BCUT2D eigenvalue weighted by Crippen LogP contribution is -2.32. The molecular weight excluding hydrogens is 372 g/mol. The van der Waals surface area contributed by atoms with Gasteiger partial charge in [-0.05, 0) is 29.8 Å². The highest BCUT2D eigenvalue weighted by atomic mass is 32.1. The third-order valence-corrected chi connectivity index (χ3v) is 6.42. The molecule has 0 aliphatic carbocycles. The summed E-state index contributed by atoms with van der Waals surface area (Å²) >= 11 is 1.66. The van der Waals surface area contributed by atoms with Crippen LogP contribution in [0, 0.1) is 0 Å². The highest BCUT2D eigenvalue weighted by molar-refractivity contribution is 7.25. The number of tetrazole rings is 1. The van der Waals surface area contributed by atoms with Crippen molar-refractivity contribution in [3.05, 3.63) is 47.8 Å². The lowest BCUT2D eigenvalue weighted by Gasteiger charge is -2.33. The van der Waals surface area contributed by atoms with Gasteiger partial charge >= 0.3 is 0 Å². The molecule has 5 aromatic rings. The first-order chi connectivity index (χ1) is 13.6. The minimum atomic E-state index is -0.218. The zero-order valence-corrected chi connectivity index (χ0v) is 16.2. The van der Waals surface area contributed by atoms with E-state index in [1.54, 1.807) is 22.2 Å². The SMILES string of the molecule is CC1(C)Cc2c(c(-c3ccccc3)nc3c2sc2ncn4nnnc4c23)CO1. The summed E-state index contributed by atoms with van der Waals surface area (Å²) in [4.78, 5) is 10.6. The highest BCUT2D eigenvalue weighted by Gasteiger charge is 2.32. The summed E-state index contributed by atoms with van der Waals surface area (Å²) in [5, 5.41) is 12.9. The number of ether oxygens (including phenoxy) is 1. The summed E-state index contributed by atoms with van der Waals surface area (Å²) in [6.45, 7) is 4.83. The maximum atomic E-state index is 6.15. The first kappa shape index (κ1) is 16.0. The van der Waals surface area contributed by atoms with Gasteiger partial charge in [-0.25, -0.2) is 9.97 Å². The molecule has 7 nitrogen and oxygen atoms in total. The Morgan fingerprint density at radius 1 is 1.14 bits per heavy atom.